The highest BCUT2D eigenvalue weighted by molar-refractivity contribution is 5.77. The summed E-state index contributed by atoms with van der Waals surface area (Å²) in [4.78, 5) is 23.8. The van der Waals surface area contributed by atoms with Crippen molar-refractivity contribution in [2.24, 2.45) is 5.73 Å². The summed E-state index contributed by atoms with van der Waals surface area (Å²) < 4.78 is 0. The van der Waals surface area contributed by atoms with Gasteiger partial charge in [-0.15, -0.1) is 0 Å². The van der Waals surface area contributed by atoms with Gasteiger partial charge >= 0.3 is 0 Å². The molecule has 1 amide bonds. The number of anilines is 3. The van der Waals surface area contributed by atoms with Gasteiger partial charge < -0.3 is 20.4 Å². The van der Waals surface area contributed by atoms with Crippen molar-refractivity contribution in [3.63, 3.8) is 0 Å². The van der Waals surface area contributed by atoms with Gasteiger partial charge in [0.15, 0.2) is 0 Å². The number of nitrogens with zero attached hydrogens (tertiary/aromatic N) is 4. The van der Waals surface area contributed by atoms with Gasteiger partial charge in [0, 0.05) is 49.8 Å². The number of primary amides is 1. The van der Waals surface area contributed by atoms with Crippen molar-refractivity contribution < 1.29 is 4.79 Å². The number of carbonyl (C=O) groups is 1. The molecule has 3 aliphatic rings. The maximum atomic E-state index is 11.4. The molecule has 0 saturated carbocycles. The Balaban J connectivity index is 1.35. The fraction of sp³-hybridized carbons (Fsp3) is 0.520. The predicted octanol–water partition coefficient (Wildman–Crippen LogP) is 3.35. The van der Waals surface area contributed by atoms with Crippen LogP contribution >= 0.6 is 0 Å². The highest BCUT2D eigenvalue weighted by Gasteiger charge is 2.41. The summed E-state index contributed by atoms with van der Waals surface area (Å²) >= 11 is 0. The molecule has 2 atom stereocenters. The Morgan fingerprint density at radius 1 is 0.903 bits per heavy atom. The van der Waals surface area contributed by atoms with E-state index in [0.29, 0.717) is 18.5 Å². The summed E-state index contributed by atoms with van der Waals surface area (Å²) in [5.74, 6) is 0.847. The molecule has 1 aromatic carbocycles. The molecule has 0 bridgehead atoms. The van der Waals surface area contributed by atoms with Crippen LogP contribution < -0.4 is 20.4 Å². The second-order valence-electron chi connectivity index (χ2n) is 9.19. The first-order chi connectivity index (χ1) is 15.2. The smallest absolute Gasteiger partial charge is 0.221 e. The van der Waals surface area contributed by atoms with E-state index in [4.69, 9.17) is 10.7 Å². The van der Waals surface area contributed by atoms with Gasteiger partial charge in [0.25, 0.3) is 0 Å². The number of pyridine rings is 1. The summed E-state index contributed by atoms with van der Waals surface area (Å²) in [6.07, 6.45) is 9.73. The molecule has 164 valence electrons. The first-order valence-electron chi connectivity index (χ1n) is 11.8. The number of nitrogens with two attached hydrogens (primary N) is 1. The number of piperidine rings is 2. The molecule has 3 fully saturated rings. The largest absolute Gasteiger partial charge is 0.371 e. The van der Waals surface area contributed by atoms with Gasteiger partial charge in [-0.1, -0.05) is 12.1 Å². The van der Waals surface area contributed by atoms with Crippen molar-refractivity contribution in [2.75, 3.05) is 40.9 Å². The molecule has 31 heavy (non-hydrogen) atoms. The van der Waals surface area contributed by atoms with Crippen LogP contribution in [0.5, 0.6) is 0 Å². The monoisotopic (exact) mass is 419 g/mol. The third-order valence-corrected chi connectivity index (χ3v) is 7.17. The molecule has 4 heterocycles. The summed E-state index contributed by atoms with van der Waals surface area (Å²) in [5.41, 5.74) is 8.95. The number of hydrogen-bond donors (Lipinski definition) is 1. The maximum absolute atomic E-state index is 11.4. The molecule has 0 unspecified atom stereocenters. The number of carbonyl (C=O) groups excluding carboxylic acids is 1. The fourth-order valence-corrected chi connectivity index (χ4v) is 5.75. The van der Waals surface area contributed by atoms with Gasteiger partial charge in [-0.2, -0.15) is 0 Å². The topological polar surface area (TPSA) is 65.7 Å². The van der Waals surface area contributed by atoms with Crippen LogP contribution in [0.15, 0.2) is 42.6 Å². The van der Waals surface area contributed by atoms with E-state index in [9.17, 15) is 4.79 Å². The Morgan fingerprint density at radius 2 is 1.74 bits per heavy atom. The molecule has 2 N–H and O–H groups in total. The van der Waals surface area contributed by atoms with Crippen LogP contribution in [0.4, 0.5) is 17.2 Å². The van der Waals surface area contributed by atoms with Gasteiger partial charge in [-0.3, -0.25) is 4.79 Å². The number of amides is 1. The Hall–Kier alpha value is -2.76. The average molecular weight is 420 g/mol. The Labute approximate surface area is 185 Å². The second-order valence-corrected chi connectivity index (χ2v) is 9.19. The van der Waals surface area contributed by atoms with Crippen LogP contribution in [0.3, 0.4) is 0 Å². The van der Waals surface area contributed by atoms with Crippen LogP contribution in [0.25, 0.3) is 0 Å². The van der Waals surface area contributed by atoms with Crippen molar-refractivity contribution in [2.45, 2.75) is 57.0 Å². The molecule has 1 aromatic heterocycles. The first-order valence-corrected chi connectivity index (χ1v) is 11.8. The molecule has 0 radical (unpaired) electrons. The number of fused-ring (bicyclic) bond motifs is 1. The Kier molecular flexibility index (Phi) is 5.70. The van der Waals surface area contributed by atoms with E-state index in [2.05, 4.69) is 39.0 Å². The number of rotatable bonds is 5. The van der Waals surface area contributed by atoms with Crippen molar-refractivity contribution >= 4 is 23.1 Å². The average Bonchev–Trinajstić information content (AvgIpc) is 3.24. The van der Waals surface area contributed by atoms with Crippen molar-refractivity contribution in [3.05, 3.63) is 48.2 Å². The maximum Gasteiger partial charge on any atom is 0.221 e. The van der Waals surface area contributed by atoms with E-state index < -0.39 is 0 Å². The van der Waals surface area contributed by atoms with E-state index in [0.717, 1.165) is 44.0 Å². The van der Waals surface area contributed by atoms with Crippen LogP contribution in [0.2, 0.25) is 0 Å². The molecule has 0 spiro atoms. The summed E-state index contributed by atoms with van der Waals surface area (Å²) in [5, 5.41) is 0. The lowest BCUT2D eigenvalue weighted by atomic mass is 9.95. The molecular weight excluding hydrogens is 386 g/mol. The number of hydrogen-bond acceptors (Lipinski definition) is 5. The van der Waals surface area contributed by atoms with E-state index >= 15 is 0 Å². The zero-order chi connectivity index (χ0) is 21.2. The van der Waals surface area contributed by atoms with Crippen LogP contribution in [0, 0.1) is 0 Å². The SMILES string of the molecule is NC(=O)Cc1cccc(N2CCC[C@@H]3[C@H]2CCN3c2cc(N3CCCCC3)ccn2)c1. The Morgan fingerprint density at radius 3 is 2.58 bits per heavy atom. The quantitative estimate of drug-likeness (QED) is 0.805. The van der Waals surface area contributed by atoms with Gasteiger partial charge in [0.1, 0.15) is 5.82 Å². The predicted molar refractivity (Wildman–Crippen MR) is 126 cm³/mol. The molecule has 0 aliphatic carbocycles. The third-order valence-electron chi connectivity index (χ3n) is 7.17. The molecule has 6 heteroatoms. The standard InChI is InChI=1S/C25H33N5O/c26-24(31)17-19-6-4-7-21(16-19)29-14-5-8-22-23(29)10-15-30(22)25-18-20(9-11-27-25)28-12-2-1-3-13-28/h4,6-7,9,11,16,18,22-23H,1-3,5,8,10,12-15,17H2,(H2,26,31)/t22-,23-/m1/s1. The van der Waals surface area contributed by atoms with Crippen molar-refractivity contribution in [3.8, 4) is 0 Å². The third kappa shape index (κ3) is 4.21. The molecular formula is C25H33N5O. The molecule has 5 rings (SSSR count). The minimum Gasteiger partial charge on any atom is -0.371 e. The fourth-order valence-electron chi connectivity index (χ4n) is 5.75. The normalized spacial score (nSPS) is 23.7. The highest BCUT2D eigenvalue weighted by Crippen LogP contribution is 2.37. The second kappa shape index (κ2) is 8.77. The molecule has 6 nitrogen and oxygen atoms in total. The zero-order valence-corrected chi connectivity index (χ0v) is 18.2. The number of aromatic nitrogens is 1. The van der Waals surface area contributed by atoms with Crippen LogP contribution in [-0.4, -0.2) is 49.2 Å². The molecule has 3 saturated heterocycles. The van der Waals surface area contributed by atoms with Gasteiger partial charge in [0.2, 0.25) is 5.91 Å². The van der Waals surface area contributed by atoms with E-state index in [1.54, 1.807) is 0 Å². The lowest BCUT2D eigenvalue weighted by Gasteiger charge is -2.42. The van der Waals surface area contributed by atoms with Gasteiger partial charge in [0.05, 0.1) is 18.5 Å². The summed E-state index contributed by atoms with van der Waals surface area (Å²) in [6, 6.07) is 13.8. The van der Waals surface area contributed by atoms with E-state index in [1.165, 1.54) is 43.5 Å². The lowest BCUT2D eigenvalue weighted by Crippen LogP contribution is -2.50. The van der Waals surface area contributed by atoms with E-state index in [1.807, 2.05) is 18.3 Å². The van der Waals surface area contributed by atoms with Gasteiger partial charge in [-0.25, -0.2) is 4.98 Å². The zero-order valence-electron chi connectivity index (χ0n) is 18.2. The van der Waals surface area contributed by atoms with Gasteiger partial charge in [-0.05, 0) is 62.3 Å². The highest BCUT2D eigenvalue weighted by atomic mass is 16.1. The summed E-state index contributed by atoms with van der Waals surface area (Å²) in [7, 11) is 0. The number of benzene rings is 1. The first kappa shape index (κ1) is 20.2. The van der Waals surface area contributed by atoms with E-state index in [-0.39, 0.29) is 5.91 Å². The Bertz CT molecular complexity index is 926. The molecule has 3 aliphatic heterocycles. The van der Waals surface area contributed by atoms with Crippen molar-refractivity contribution in [1.29, 1.82) is 0 Å². The lowest BCUT2D eigenvalue weighted by molar-refractivity contribution is -0.117. The van der Waals surface area contributed by atoms with Crippen LogP contribution in [-0.2, 0) is 11.2 Å². The minimum absolute atomic E-state index is 0.277. The van der Waals surface area contributed by atoms with Crippen molar-refractivity contribution in [1.82, 2.24) is 4.98 Å². The minimum atomic E-state index is -0.277. The van der Waals surface area contributed by atoms with Crippen LogP contribution in [0.1, 0.15) is 44.1 Å². The molecule has 2 aromatic rings. The summed E-state index contributed by atoms with van der Waals surface area (Å²) in [6.45, 7) is 4.43.